The van der Waals surface area contributed by atoms with Crippen LogP contribution < -0.4 is 73.7 Å². The van der Waals surface area contributed by atoms with E-state index in [-0.39, 0.29) is 52.8 Å². The molecule has 6 aromatic rings. The highest BCUT2D eigenvalue weighted by molar-refractivity contribution is 6.61. The Labute approximate surface area is 648 Å². The van der Waals surface area contributed by atoms with Gasteiger partial charge in [0.15, 0.2) is 23.9 Å². The number of nitrogens with one attached hydrogen (secondary N) is 8. The number of fused-ring (bicyclic) bond motifs is 16. The van der Waals surface area contributed by atoms with E-state index in [2.05, 4.69) is 42.5 Å². The zero-order chi connectivity index (χ0) is 80.8. The number of carbonyl (C=O) groups excluding carboxylic acids is 8. The number of nitrogens with two attached hydrogens (primary N) is 2. The van der Waals surface area contributed by atoms with Crippen molar-refractivity contribution in [2.24, 2.45) is 17.4 Å². The smallest absolute Gasteiger partial charge is 0.492 e. The van der Waals surface area contributed by atoms with Crippen LogP contribution in [0.25, 0.3) is 11.1 Å². The van der Waals surface area contributed by atoms with Crippen molar-refractivity contribution in [2.45, 2.75) is 162 Å². The second-order valence-electron chi connectivity index (χ2n) is 28.7. The summed E-state index contributed by atoms with van der Waals surface area (Å²) >= 11 is 14.3. The van der Waals surface area contributed by atoms with Crippen molar-refractivity contribution in [2.75, 3.05) is 20.2 Å². The average Bonchev–Trinajstić information content (AvgIpc) is 0.833. The molecule has 6 aromatic carbocycles. The molecule has 0 spiro atoms. The number of hydrogen-bond acceptors (Lipinski definition) is 27. The number of aliphatic hydroxyl groups excluding tert-OH is 6. The number of likely N-dealkylation sites (N-methyl/N-ethyl adjacent to an activating group) is 1. The Morgan fingerprint density at radius 1 is 0.714 bits per heavy atom. The molecule has 22 N–H and O–H groups in total. The second kappa shape index (κ2) is 33.4. The number of benzene rings is 6. The maximum absolute atomic E-state index is 16.3. The Bertz CT molecular complexity index is 4660. The minimum atomic E-state index is -2.36. The number of hydrogen-bond donors (Lipinski definition) is 20. The van der Waals surface area contributed by atoms with Crippen molar-refractivity contribution < 1.29 is 122 Å². The molecular formula is C74H83BCl2N10O25. The van der Waals surface area contributed by atoms with Crippen LogP contribution in [0, 0.1) is 5.92 Å². The van der Waals surface area contributed by atoms with Crippen LogP contribution in [0.5, 0.6) is 46.0 Å². The maximum atomic E-state index is 16.3. The molecule has 8 heterocycles. The van der Waals surface area contributed by atoms with Crippen LogP contribution in [-0.4, -0.2) is 204 Å². The molecule has 14 rings (SSSR count). The van der Waals surface area contributed by atoms with Gasteiger partial charge in [-0.25, -0.2) is 0 Å². The van der Waals surface area contributed by atoms with Crippen LogP contribution in [0.1, 0.15) is 117 Å². The van der Waals surface area contributed by atoms with Crippen molar-refractivity contribution in [1.29, 1.82) is 0 Å². The number of halogens is 2. The number of phenolic OH excluding ortho intramolecular Hbond substituents is 3. The van der Waals surface area contributed by atoms with Gasteiger partial charge in [0, 0.05) is 35.7 Å². The first-order chi connectivity index (χ1) is 53.1. The Morgan fingerprint density at radius 2 is 1.35 bits per heavy atom. The Morgan fingerprint density at radius 3 is 1.98 bits per heavy atom. The lowest BCUT2D eigenvalue weighted by Gasteiger charge is -2.47. The molecule has 11 bridgehead atoms. The number of aromatic hydroxyl groups is 3. The van der Waals surface area contributed by atoms with Crippen LogP contribution in [0.4, 0.5) is 0 Å². The van der Waals surface area contributed by atoms with E-state index in [4.69, 9.17) is 67.7 Å². The van der Waals surface area contributed by atoms with Gasteiger partial charge >= 0.3 is 7.12 Å². The number of ether oxygens (including phenoxy) is 6. The largest absolute Gasteiger partial charge is 0.508 e. The lowest BCUT2D eigenvalue weighted by Crippen LogP contribution is -2.64. The molecule has 0 aliphatic carbocycles. The second-order valence-corrected chi connectivity index (χ2v) is 29.5. The van der Waals surface area contributed by atoms with E-state index < -0.39 is 250 Å². The summed E-state index contributed by atoms with van der Waals surface area (Å²) in [6.45, 7) is 5.28. The number of amides is 8. The van der Waals surface area contributed by atoms with Crippen molar-refractivity contribution in [1.82, 2.24) is 42.5 Å². The van der Waals surface area contributed by atoms with E-state index in [0.717, 1.165) is 60.7 Å². The monoisotopic (exact) mass is 1590 g/mol. The summed E-state index contributed by atoms with van der Waals surface area (Å²) in [5.41, 5.74) is 9.22. The van der Waals surface area contributed by atoms with Crippen molar-refractivity contribution in [3.63, 3.8) is 0 Å². The van der Waals surface area contributed by atoms with Gasteiger partial charge in [0.05, 0.1) is 47.4 Å². The van der Waals surface area contributed by atoms with Crippen molar-refractivity contribution >= 4 is 83.0 Å². The van der Waals surface area contributed by atoms with E-state index in [9.17, 15) is 65.4 Å². The van der Waals surface area contributed by atoms with E-state index in [0.29, 0.717) is 11.0 Å². The van der Waals surface area contributed by atoms with Crippen LogP contribution in [0.2, 0.25) is 10.0 Å². The van der Waals surface area contributed by atoms with Gasteiger partial charge < -0.3 is 138 Å². The molecule has 19 atom stereocenters. The third-order valence-electron chi connectivity index (χ3n) is 20.2. The number of phenols is 3. The third-order valence-corrected chi connectivity index (χ3v) is 20.7. The van der Waals surface area contributed by atoms with E-state index in [1.807, 2.05) is 13.8 Å². The fourth-order valence-corrected chi connectivity index (χ4v) is 14.7. The summed E-state index contributed by atoms with van der Waals surface area (Å²) in [4.78, 5) is 120. The van der Waals surface area contributed by atoms with E-state index in [1.165, 1.54) is 39.1 Å². The third kappa shape index (κ3) is 17.0. The maximum Gasteiger partial charge on any atom is 0.492 e. The number of aliphatic hydroxyl groups is 6. The molecule has 38 heteroatoms. The topological polar surface area (TPSA) is 552 Å². The lowest BCUT2D eigenvalue weighted by atomic mass is 9.79. The first kappa shape index (κ1) is 81.5. The molecule has 0 radical (unpaired) electrons. The van der Waals surface area contributed by atoms with Crippen molar-refractivity contribution in [3.8, 4) is 57.1 Å². The Kier molecular flexibility index (Phi) is 24.3. The predicted molar refractivity (Wildman–Crippen MR) is 393 cm³/mol. The zero-order valence-electron chi connectivity index (χ0n) is 60.4. The van der Waals surface area contributed by atoms with Gasteiger partial charge in [0.2, 0.25) is 59.3 Å². The molecule has 8 aliphatic heterocycles. The normalized spacial score (nSPS) is 28.8. The minimum Gasteiger partial charge on any atom is -0.508 e. The van der Waals surface area contributed by atoms with E-state index >= 15 is 24.0 Å². The minimum absolute atomic E-state index is 0.105. The predicted octanol–water partition coefficient (Wildman–Crippen LogP) is -0.403. The standard InChI is InChI=1S/C74H83BCl2N10O25/c1-28(2)16-41(80-5)66(98)86-57-59(93)31-11-14-45(39(76)18-31)107-47-20-33-21-48(63(47)111-73-64(62(96)61(95)50(27-88)109-73)110-52-25-74(4,79)65(97)29(3)106-52)108-46-15-12-32(19-40(46)77)60(94)58-72(104)85-56(68(100)81-26-49-35-8-6-7-9-38(35)75(105)112-49)37-22-34(89)23-44(91)53(37)36-17-30(10-13-43(36)90)54(69(101)87-58)84-70(102)55(33)83-67(99)42(24-51(78)92)82-71(57)103/h6-15,17-23,28-29,41-42,49-50,52,54-62,64-65,73,80,88-91,93-97,105H,16,24-27,79H2,1-5H3,(H2,78,92)(H,81,100)(H,82,103)(H,83,99)(H,84,102)(H,85,104)(H,86,98)(H,87,101)/t29-,41+,42-,49+,50+,52-,54+,55+,56-,57+,58-,59+,60+,61+,62-,64+,65+,73-,74-/m0/s1. The average molecular weight is 1590 g/mol. The van der Waals surface area contributed by atoms with Gasteiger partial charge in [-0.2, -0.15) is 0 Å². The molecule has 35 nitrogen and oxygen atoms in total. The van der Waals surface area contributed by atoms with Crippen LogP contribution in [0.15, 0.2) is 103 Å². The first-order valence-electron chi connectivity index (χ1n) is 35.5. The summed E-state index contributed by atoms with van der Waals surface area (Å²) in [6, 6.07) is 6.44. The van der Waals surface area contributed by atoms with Gasteiger partial charge in [-0.3, -0.25) is 38.4 Å². The van der Waals surface area contributed by atoms with Gasteiger partial charge in [-0.15, -0.1) is 0 Å². The summed E-state index contributed by atoms with van der Waals surface area (Å²) in [7, 11) is 0.0671. The van der Waals surface area contributed by atoms with E-state index in [1.54, 1.807) is 24.3 Å². The Hall–Kier alpha value is -10.00. The van der Waals surface area contributed by atoms with Gasteiger partial charge in [0.25, 0.3) is 0 Å². The quantitative estimate of drug-likeness (QED) is 0.0582. The SMILES string of the molecule is CN[C@H](CC(C)C)C(=O)N[C@H]1C(=O)N[C@@H](CC(N)=O)C(=O)N[C@H]2C(=O)N[C@H]3C(=O)N[C@H](C(=O)N[C@H](C(=O)NC[C@H]4OB(O)c5ccccc54)c4cc(O)cc(O)c4-c4cc3ccc4O)[C@H](O)c3ccc(c(Cl)c3)Oc3cc2cc(c3O[C@@H]2O[C@H](CO)[C@@H](O)[C@H](O)[C@H]2O[C@H]2C[C@](C)(N)[C@H](O)[C@H](C)O2)Oc2ccc(cc2Cl)[C@H]1O. The zero-order valence-corrected chi connectivity index (χ0v) is 61.9. The fourth-order valence-electron chi connectivity index (χ4n) is 14.3. The molecule has 0 aromatic heterocycles. The molecule has 0 unspecified atom stereocenters. The molecule has 112 heavy (non-hydrogen) atoms. The molecule has 0 saturated carbocycles. The lowest BCUT2D eigenvalue weighted by molar-refractivity contribution is -0.333. The number of carbonyl (C=O) groups is 8. The molecule has 596 valence electrons. The summed E-state index contributed by atoms with van der Waals surface area (Å²) in [6.07, 6.45) is -19.7. The molecular weight excluding hydrogens is 1510 g/mol. The number of primary amides is 1. The summed E-state index contributed by atoms with van der Waals surface area (Å²) in [5.74, 6) is -15.1. The fraction of sp³-hybridized carbons (Fsp3) is 0.405. The molecule has 2 fully saturated rings. The van der Waals surface area contributed by atoms with Crippen LogP contribution >= 0.6 is 23.2 Å². The first-order valence-corrected chi connectivity index (χ1v) is 36.3. The molecule has 8 amide bonds. The highest BCUT2D eigenvalue weighted by Gasteiger charge is 2.52. The van der Waals surface area contributed by atoms with Gasteiger partial charge in [-0.1, -0.05) is 79.5 Å². The Balaban J connectivity index is 1.07. The van der Waals surface area contributed by atoms with Crippen LogP contribution in [-0.2, 0) is 57.2 Å². The molecule has 8 aliphatic rings. The van der Waals surface area contributed by atoms with Gasteiger partial charge in [0.1, 0.15) is 95.5 Å². The molecule has 2 saturated heterocycles. The van der Waals surface area contributed by atoms with Gasteiger partial charge in [-0.05, 0) is 127 Å². The number of rotatable bonds is 15. The summed E-state index contributed by atoms with van der Waals surface area (Å²) < 4.78 is 44.4. The van der Waals surface area contributed by atoms with Crippen LogP contribution in [0.3, 0.4) is 0 Å². The van der Waals surface area contributed by atoms with Crippen molar-refractivity contribution in [3.05, 3.63) is 147 Å². The summed E-state index contributed by atoms with van der Waals surface area (Å²) in [5, 5.41) is 136. The highest BCUT2D eigenvalue weighted by atomic mass is 35.5. The highest BCUT2D eigenvalue weighted by Crippen LogP contribution is 2.50.